The van der Waals surface area contributed by atoms with E-state index in [-0.39, 0.29) is 18.0 Å². The molecule has 8 heteroatoms. The Balaban J connectivity index is 2.21. The number of sulfonamides is 1. The van der Waals surface area contributed by atoms with E-state index in [0.29, 0.717) is 21.2 Å². The Morgan fingerprint density at radius 2 is 2.10 bits per heavy atom. The van der Waals surface area contributed by atoms with Gasteiger partial charge in [-0.2, -0.15) is 0 Å². The van der Waals surface area contributed by atoms with Crippen LogP contribution in [0.5, 0.6) is 0 Å². The highest BCUT2D eigenvalue weighted by molar-refractivity contribution is 7.89. The highest BCUT2D eigenvalue weighted by atomic mass is 32.2. The van der Waals surface area contributed by atoms with Gasteiger partial charge in [-0.15, -0.1) is 11.3 Å². The van der Waals surface area contributed by atoms with E-state index in [0.717, 1.165) is 5.56 Å². The Bertz CT molecular complexity index is 696. The molecule has 0 unspecified atom stereocenters. The van der Waals surface area contributed by atoms with Crippen molar-refractivity contribution in [2.75, 3.05) is 0 Å². The molecule has 0 aliphatic heterocycles. The molecule has 2 aromatic heterocycles. The SMILES string of the molecule is Cc1noc(C)c1CNS(=O)(=O)c1cc(CO)sc1C. The van der Waals surface area contributed by atoms with Crippen molar-refractivity contribution in [1.29, 1.82) is 0 Å². The molecule has 0 amide bonds. The molecule has 2 heterocycles. The normalized spacial score (nSPS) is 12.0. The van der Waals surface area contributed by atoms with Gasteiger partial charge < -0.3 is 9.63 Å². The molecule has 0 fully saturated rings. The van der Waals surface area contributed by atoms with Gasteiger partial charge in [0.15, 0.2) is 0 Å². The van der Waals surface area contributed by atoms with Crippen molar-refractivity contribution >= 4 is 21.4 Å². The zero-order valence-electron chi connectivity index (χ0n) is 11.4. The lowest BCUT2D eigenvalue weighted by Gasteiger charge is -2.05. The maximum Gasteiger partial charge on any atom is 0.241 e. The molecule has 0 radical (unpaired) electrons. The minimum Gasteiger partial charge on any atom is -0.391 e. The van der Waals surface area contributed by atoms with Crippen LogP contribution in [0.15, 0.2) is 15.5 Å². The average molecular weight is 316 g/mol. The fourth-order valence-corrected chi connectivity index (χ4v) is 4.36. The third-order valence-electron chi connectivity index (χ3n) is 2.99. The standard InChI is InChI=1S/C12H16N2O4S2/c1-7-11(8(2)18-14-7)5-13-20(16,17)12-4-10(6-15)19-9(12)3/h4,13,15H,5-6H2,1-3H3. The maximum absolute atomic E-state index is 12.3. The molecule has 0 saturated carbocycles. The summed E-state index contributed by atoms with van der Waals surface area (Å²) < 4.78 is 32.1. The van der Waals surface area contributed by atoms with Gasteiger partial charge in [0.2, 0.25) is 10.0 Å². The van der Waals surface area contributed by atoms with Crippen LogP contribution in [-0.4, -0.2) is 18.7 Å². The molecule has 0 atom stereocenters. The highest BCUT2D eigenvalue weighted by Crippen LogP contribution is 2.26. The molecule has 2 rings (SSSR count). The van der Waals surface area contributed by atoms with E-state index in [1.165, 1.54) is 17.4 Å². The van der Waals surface area contributed by atoms with E-state index in [1.807, 2.05) is 0 Å². The van der Waals surface area contributed by atoms with Crippen molar-refractivity contribution in [2.24, 2.45) is 0 Å². The zero-order valence-corrected chi connectivity index (χ0v) is 13.1. The van der Waals surface area contributed by atoms with Crippen molar-refractivity contribution < 1.29 is 18.0 Å². The van der Waals surface area contributed by atoms with E-state index < -0.39 is 10.0 Å². The van der Waals surface area contributed by atoms with Gasteiger partial charge in [0, 0.05) is 21.9 Å². The van der Waals surface area contributed by atoms with Crippen LogP contribution in [0, 0.1) is 20.8 Å². The largest absolute Gasteiger partial charge is 0.391 e. The summed E-state index contributed by atoms with van der Waals surface area (Å²) in [5.74, 6) is 0.600. The molecule has 0 saturated heterocycles. The summed E-state index contributed by atoms with van der Waals surface area (Å²) >= 11 is 1.27. The van der Waals surface area contributed by atoms with Crippen LogP contribution < -0.4 is 4.72 Å². The van der Waals surface area contributed by atoms with Gasteiger partial charge in [0.25, 0.3) is 0 Å². The summed E-state index contributed by atoms with van der Waals surface area (Å²) in [6.45, 7) is 5.19. The second-order valence-electron chi connectivity index (χ2n) is 4.42. The van der Waals surface area contributed by atoms with Gasteiger partial charge in [-0.3, -0.25) is 0 Å². The Labute approximate surface area is 121 Å². The number of aliphatic hydroxyl groups is 1. The minimum atomic E-state index is -3.61. The summed E-state index contributed by atoms with van der Waals surface area (Å²) in [4.78, 5) is 1.49. The average Bonchev–Trinajstić information content (AvgIpc) is 2.92. The van der Waals surface area contributed by atoms with Gasteiger partial charge >= 0.3 is 0 Å². The molecular formula is C12H16N2O4S2. The number of aromatic nitrogens is 1. The predicted molar refractivity (Wildman–Crippen MR) is 75.0 cm³/mol. The molecule has 0 aliphatic rings. The van der Waals surface area contributed by atoms with Crippen LogP contribution in [0.2, 0.25) is 0 Å². The first-order valence-electron chi connectivity index (χ1n) is 5.96. The topological polar surface area (TPSA) is 92.4 Å². The molecule has 6 nitrogen and oxygen atoms in total. The van der Waals surface area contributed by atoms with Crippen LogP contribution in [0.1, 0.15) is 26.8 Å². The van der Waals surface area contributed by atoms with E-state index in [4.69, 9.17) is 9.63 Å². The molecule has 110 valence electrons. The first-order chi connectivity index (χ1) is 9.35. The smallest absolute Gasteiger partial charge is 0.241 e. The zero-order chi connectivity index (χ0) is 14.9. The van der Waals surface area contributed by atoms with E-state index in [2.05, 4.69) is 9.88 Å². The van der Waals surface area contributed by atoms with Crippen LogP contribution in [0.4, 0.5) is 0 Å². The Morgan fingerprint density at radius 1 is 1.40 bits per heavy atom. The lowest BCUT2D eigenvalue weighted by atomic mass is 10.2. The van der Waals surface area contributed by atoms with Gasteiger partial charge in [0.1, 0.15) is 5.76 Å². The van der Waals surface area contributed by atoms with E-state index >= 15 is 0 Å². The van der Waals surface area contributed by atoms with Gasteiger partial charge in [0.05, 0.1) is 17.2 Å². The van der Waals surface area contributed by atoms with Gasteiger partial charge in [-0.05, 0) is 26.8 Å². The van der Waals surface area contributed by atoms with Crippen molar-refractivity contribution in [3.63, 3.8) is 0 Å². The number of nitrogens with one attached hydrogen (secondary N) is 1. The Hall–Kier alpha value is -1.22. The number of nitrogens with zero attached hydrogens (tertiary/aromatic N) is 1. The molecular weight excluding hydrogens is 300 g/mol. The first-order valence-corrected chi connectivity index (χ1v) is 8.26. The lowest BCUT2D eigenvalue weighted by molar-refractivity contribution is 0.285. The van der Waals surface area contributed by atoms with Gasteiger partial charge in [-0.1, -0.05) is 5.16 Å². The summed E-state index contributed by atoms with van der Waals surface area (Å²) in [6.07, 6.45) is 0. The van der Waals surface area contributed by atoms with Crippen LogP contribution in [0.25, 0.3) is 0 Å². The van der Waals surface area contributed by atoms with Crippen LogP contribution in [0.3, 0.4) is 0 Å². The van der Waals surface area contributed by atoms with Crippen LogP contribution in [-0.2, 0) is 23.2 Å². The van der Waals surface area contributed by atoms with Gasteiger partial charge in [-0.25, -0.2) is 13.1 Å². The minimum absolute atomic E-state index is 0.132. The molecule has 0 bridgehead atoms. The maximum atomic E-state index is 12.3. The monoisotopic (exact) mass is 316 g/mol. The summed E-state index contributed by atoms with van der Waals surface area (Å²) in [5.41, 5.74) is 1.41. The number of hydrogen-bond donors (Lipinski definition) is 2. The molecule has 2 N–H and O–H groups in total. The van der Waals surface area contributed by atoms with Crippen LogP contribution >= 0.6 is 11.3 Å². The van der Waals surface area contributed by atoms with E-state index in [1.54, 1.807) is 20.8 Å². The highest BCUT2D eigenvalue weighted by Gasteiger charge is 2.21. The molecule has 0 spiro atoms. The summed E-state index contributed by atoms with van der Waals surface area (Å²) in [5, 5.41) is 12.9. The van der Waals surface area contributed by atoms with E-state index in [9.17, 15) is 8.42 Å². The fourth-order valence-electron chi connectivity index (χ4n) is 1.87. The summed E-state index contributed by atoms with van der Waals surface area (Å²) in [6, 6.07) is 1.50. The second kappa shape index (κ2) is 5.65. The molecule has 2 aromatic rings. The number of thiophene rings is 1. The number of aryl methyl sites for hydroxylation is 3. The quantitative estimate of drug-likeness (QED) is 0.874. The van der Waals surface area contributed by atoms with Crippen molar-refractivity contribution in [3.8, 4) is 0 Å². The third-order valence-corrected chi connectivity index (χ3v) is 5.68. The predicted octanol–water partition coefficient (Wildman–Crippen LogP) is 1.63. The molecule has 0 aromatic carbocycles. The fraction of sp³-hybridized carbons (Fsp3) is 0.417. The van der Waals surface area contributed by atoms with Crippen molar-refractivity contribution in [2.45, 2.75) is 38.8 Å². The first kappa shape index (κ1) is 15.2. The second-order valence-corrected chi connectivity index (χ2v) is 7.49. The number of aliphatic hydroxyl groups excluding tert-OH is 1. The summed E-state index contributed by atoms with van der Waals surface area (Å²) in [7, 11) is -3.61. The Morgan fingerprint density at radius 3 is 2.60 bits per heavy atom. The third kappa shape index (κ3) is 2.93. The number of hydrogen-bond acceptors (Lipinski definition) is 6. The number of rotatable bonds is 5. The Kier molecular flexibility index (Phi) is 4.28. The molecule has 20 heavy (non-hydrogen) atoms. The van der Waals surface area contributed by atoms with Crippen molar-refractivity contribution in [1.82, 2.24) is 9.88 Å². The molecule has 0 aliphatic carbocycles. The lowest BCUT2D eigenvalue weighted by Crippen LogP contribution is -2.23. The van der Waals surface area contributed by atoms with Crippen molar-refractivity contribution in [3.05, 3.63) is 32.8 Å².